The van der Waals surface area contributed by atoms with Gasteiger partial charge in [0.15, 0.2) is 0 Å². The summed E-state index contributed by atoms with van der Waals surface area (Å²) in [5, 5.41) is 9.75. The van der Waals surface area contributed by atoms with Gasteiger partial charge in [0.1, 0.15) is 0 Å². The van der Waals surface area contributed by atoms with Crippen molar-refractivity contribution in [3.05, 3.63) is 12.2 Å². The largest absolute Gasteiger partial charge is 0.481 e. The van der Waals surface area contributed by atoms with E-state index in [9.17, 15) is 14.4 Å². The number of carboxylic acids is 1. The average Bonchev–Trinajstić information content (AvgIpc) is 2.36. The molecule has 0 aromatic rings. The second-order valence-corrected chi connectivity index (χ2v) is 1.93. The molecule has 1 rings (SSSR count). The third kappa shape index (κ3) is 8.88. The number of nitrogens with one attached hydrogen (secondary N) is 1. The number of imide groups is 1. The molecular weight excluding hydrogens is 227 g/mol. The molecule has 0 fully saturated rings. The van der Waals surface area contributed by atoms with Gasteiger partial charge in [-0.25, -0.2) is 0 Å². The van der Waals surface area contributed by atoms with Gasteiger partial charge in [-0.3, -0.25) is 19.7 Å². The Morgan fingerprint density at radius 2 is 1.69 bits per heavy atom. The molecule has 5 nitrogen and oxygen atoms in total. The molecule has 6 heteroatoms. The van der Waals surface area contributed by atoms with Crippen LogP contribution in [-0.4, -0.2) is 22.9 Å². The van der Waals surface area contributed by atoms with E-state index in [1.54, 1.807) is 6.92 Å². The molecule has 0 spiro atoms. The van der Waals surface area contributed by atoms with Gasteiger partial charge in [-0.2, -0.15) is 0 Å². The van der Waals surface area contributed by atoms with Crippen molar-refractivity contribution in [1.29, 1.82) is 0 Å². The van der Waals surface area contributed by atoms with Gasteiger partial charge in [0.25, 0.3) is 11.8 Å². The Morgan fingerprint density at radius 1 is 1.38 bits per heavy atom. The first-order chi connectivity index (χ1) is 5.56. The zero-order valence-electron chi connectivity index (χ0n) is 7.24. The summed E-state index contributed by atoms with van der Waals surface area (Å²) in [7, 11) is 0. The van der Waals surface area contributed by atoms with Gasteiger partial charge >= 0.3 is 5.97 Å². The van der Waals surface area contributed by atoms with Crippen molar-refractivity contribution in [3.8, 4) is 0 Å². The molecule has 2 amide bonds. The normalized spacial score (nSPS) is 12.4. The van der Waals surface area contributed by atoms with Crippen LogP contribution < -0.4 is 5.32 Å². The maximum Gasteiger partial charge on any atom is 0.303 e. The summed E-state index contributed by atoms with van der Waals surface area (Å²) in [6.07, 6.45) is 2.62. The van der Waals surface area contributed by atoms with E-state index >= 15 is 0 Å². The van der Waals surface area contributed by atoms with E-state index in [0.717, 1.165) is 0 Å². The Bertz CT molecular complexity index is 221. The molecule has 13 heavy (non-hydrogen) atoms. The summed E-state index contributed by atoms with van der Waals surface area (Å²) < 4.78 is 0. The minimum atomic E-state index is -0.745. The monoisotopic (exact) mass is 235 g/mol. The predicted molar refractivity (Wildman–Crippen MR) is 40.2 cm³/mol. The predicted octanol–water partition coefficient (Wildman–Crippen LogP) is -0.322. The maximum absolute atomic E-state index is 10.0. The quantitative estimate of drug-likeness (QED) is 0.483. The number of carbonyl (C=O) groups excluding carboxylic acids is 2. The average molecular weight is 237 g/mol. The van der Waals surface area contributed by atoms with Gasteiger partial charge in [-0.1, -0.05) is 6.92 Å². The van der Waals surface area contributed by atoms with Crippen molar-refractivity contribution in [1.82, 2.24) is 5.32 Å². The summed E-state index contributed by atoms with van der Waals surface area (Å²) in [5.74, 6) is -1.40. The minimum absolute atomic E-state index is 0. The smallest absolute Gasteiger partial charge is 0.303 e. The molecule has 0 saturated carbocycles. The SMILES string of the molecule is CCC(=O)O.O=C1C=CC(=O)N1.[Zn]. The van der Waals surface area contributed by atoms with Crippen molar-refractivity contribution >= 4 is 17.8 Å². The number of rotatable bonds is 1. The maximum atomic E-state index is 10.0. The first-order valence-corrected chi connectivity index (χ1v) is 3.31. The number of carboxylic acid groups (broad SMARTS) is 1. The van der Waals surface area contributed by atoms with Gasteiger partial charge in [0, 0.05) is 38.1 Å². The Hall–Kier alpha value is -1.03. The summed E-state index contributed by atoms with van der Waals surface area (Å²) in [4.78, 5) is 29.4. The molecule has 0 aromatic heterocycles. The van der Waals surface area contributed by atoms with Gasteiger partial charge < -0.3 is 5.11 Å². The first-order valence-electron chi connectivity index (χ1n) is 3.31. The Kier molecular flexibility index (Phi) is 8.49. The van der Waals surface area contributed by atoms with E-state index in [4.69, 9.17) is 5.11 Å². The van der Waals surface area contributed by atoms with E-state index in [1.807, 2.05) is 5.32 Å². The van der Waals surface area contributed by atoms with E-state index in [0.29, 0.717) is 0 Å². The van der Waals surface area contributed by atoms with Crippen molar-refractivity contribution in [2.24, 2.45) is 0 Å². The number of amides is 2. The molecule has 1 aliphatic rings. The fourth-order valence-electron chi connectivity index (χ4n) is 0.356. The van der Waals surface area contributed by atoms with Crippen LogP contribution in [0.3, 0.4) is 0 Å². The van der Waals surface area contributed by atoms with E-state index in [1.165, 1.54) is 12.2 Å². The Labute approximate surface area is 88.0 Å². The minimum Gasteiger partial charge on any atom is -0.481 e. The van der Waals surface area contributed by atoms with Crippen LogP contribution in [0.1, 0.15) is 13.3 Å². The second-order valence-electron chi connectivity index (χ2n) is 1.93. The molecule has 0 bridgehead atoms. The molecular formula is C7H9NO4Zn. The zero-order valence-corrected chi connectivity index (χ0v) is 10.2. The van der Waals surface area contributed by atoms with Crippen molar-refractivity contribution in [2.75, 3.05) is 0 Å². The third-order valence-corrected chi connectivity index (χ3v) is 0.935. The second kappa shape index (κ2) is 7.61. The van der Waals surface area contributed by atoms with Crippen LogP contribution in [0.4, 0.5) is 0 Å². The van der Waals surface area contributed by atoms with Crippen molar-refractivity contribution < 1.29 is 39.0 Å². The van der Waals surface area contributed by atoms with Crippen LogP contribution in [-0.2, 0) is 33.9 Å². The first kappa shape index (κ1) is 14.5. The fourth-order valence-corrected chi connectivity index (χ4v) is 0.356. The summed E-state index contributed by atoms with van der Waals surface area (Å²) >= 11 is 0. The van der Waals surface area contributed by atoms with Crippen LogP contribution in [0, 0.1) is 0 Å². The Morgan fingerprint density at radius 3 is 1.77 bits per heavy atom. The summed E-state index contributed by atoms with van der Waals surface area (Å²) in [5.41, 5.74) is 0. The van der Waals surface area contributed by atoms with E-state index < -0.39 is 5.97 Å². The molecule has 2 N–H and O–H groups in total. The standard InChI is InChI=1S/C4H3NO2.C3H6O2.Zn/c6-3-1-2-4(7)5-3;1-2-3(4)5;/h1-2H,(H,5,6,7);2H2,1H3,(H,4,5);. The van der Waals surface area contributed by atoms with Crippen LogP contribution in [0.5, 0.6) is 0 Å². The number of carbonyl (C=O) groups is 3. The topological polar surface area (TPSA) is 83.5 Å². The molecule has 0 aliphatic carbocycles. The Balaban J connectivity index is 0. The van der Waals surface area contributed by atoms with E-state index in [2.05, 4.69) is 0 Å². The molecule has 0 saturated heterocycles. The summed E-state index contributed by atoms with van der Waals surface area (Å²) in [6.45, 7) is 1.60. The van der Waals surface area contributed by atoms with Crippen LogP contribution in [0.2, 0.25) is 0 Å². The van der Waals surface area contributed by atoms with Gasteiger partial charge in [0.2, 0.25) is 0 Å². The molecule has 0 unspecified atom stereocenters. The van der Waals surface area contributed by atoms with Gasteiger partial charge in [0.05, 0.1) is 0 Å². The van der Waals surface area contributed by atoms with Crippen molar-refractivity contribution in [3.63, 3.8) is 0 Å². The van der Waals surface area contributed by atoms with Crippen LogP contribution in [0.15, 0.2) is 12.2 Å². The number of hydrogen-bond acceptors (Lipinski definition) is 3. The number of aliphatic carboxylic acids is 1. The zero-order chi connectivity index (χ0) is 9.56. The van der Waals surface area contributed by atoms with Crippen LogP contribution >= 0.6 is 0 Å². The van der Waals surface area contributed by atoms with Crippen LogP contribution in [0.25, 0.3) is 0 Å². The molecule has 1 heterocycles. The van der Waals surface area contributed by atoms with Gasteiger partial charge in [-0.15, -0.1) is 0 Å². The third-order valence-electron chi connectivity index (χ3n) is 0.935. The molecule has 0 radical (unpaired) electrons. The molecule has 0 atom stereocenters. The number of hydrogen-bond donors (Lipinski definition) is 2. The van der Waals surface area contributed by atoms with Gasteiger partial charge in [-0.05, 0) is 0 Å². The summed E-state index contributed by atoms with van der Waals surface area (Å²) in [6, 6.07) is 0. The molecule has 0 aromatic carbocycles. The molecule has 68 valence electrons. The molecule has 1 aliphatic heterocycles. The van der Waals surface area contributed by atoms with E-state index in [-0.39, 0.29) is 37.7 Å². The fraction of sp³-hybridized carbons (Fsp3) is 0.286. The van der Waals surface area contributed by atoms with Crippen molar-refractivity contribution in [2.45, 2.75) is 13.3 Å².